The van der Waals surface area contributed by atoms with Crippen molar-refractivity contribution in [3.8, 4) is 6.07 Å². The summed E-state index contributed by atoms with van der Waals surface area (Å²) in [6.07, 6.45) is 16.0. The van der Waals surface area contributed by atoms with Crippen LogP contribution < -0.4 is 0 Å². The van der Waals surface area contributed by atoms with Gasteiger partial charge in [-0.05, 0) is 75.2 Å². The van der Waals surface area contributed by atoms with E-state index in [0.717, 1.165) is 37.0 Å². The van der Waals surface area contributed by atoms with E-state index in [2.05, 4.69) is 6.92 Å². The summed E-state index contributed by atoms with van der Waals surface area (Å²) >= 11 is 0. The monoisotopic (exact) mass is 335 g/mol. The van der Waals surface area contributed by atoms with Gasteiger partial charge in [-0.1, -0.05) is 32.6 Å². The third-order valence-electron chi connectivity index (χ3n) is 6.66. The quantitative estimate of drug-likeness (QED) is 0.510. The van der Waals surface area contributed by atoms with E-state index in [1.807, 2.05) is 0 Å². The van der Waals surface area contributed by atoms with Crippen LogP contribution in [0.4, 0.5) is 4.39 Å². The molecule has 0 bridgehead atoms. The number of allylic oxidation sites excluding steroid dienone is 2. The predicted molar refractivity (Wildman–Crippen MR) is 96.1 cm³/mol. The molecule has 0 spiro atoms. The van der Waals surface area contributed by atoms with Gasteiger partial charge < -0.3 is 4.74 Å². The Morgan fingerprint density at radius 1 is 1.17 bits per heavy atom. The second-order valence-electron chi connectivity index (χ2n) is 8.00. The van der Waals surface area contributed by atoms with Crippen LogP contribution in [0.25, 0.3) is 0 Å². The molecule has 0 saturated heterocycles. The molecule has 0 aromatic carbocycles. The molecule has 0 radical (unpaired) electrons. The molecule has 2 saturated carbocycles. The summed E-state index contributed by atoms with van der Waals surface area (Å²) in [5, 5.41) is 8.50. The third kappa shape index (κ3) is 5.31. The fourth-order valence-electron chi connectivity index (χ4n) is 5.06. The number of ether oxygens (including phenoxy) is 1. The van der Waals surface area contributed by atoms with Crippen molar-refractivity contribution in [1.29, 1.82) is 5.26 Å². The number of nitriles is 1. The van der Waals surface area contributed by atoms with Crippen molar-refractivity contribution >= 4 is 0 Å². The molecule has 0 aromatic heterocycles. The van der Waals surface area contributed by atoms with E-state index in [1.165, 1.54) is 57.4 Å². The molecule has 0 amide bonds. The highest BCUT2D eigenvalue weighted by molar-refractivity contribution is 5.11. The molecule has 2 rings (SSSR count). The van der Waals surface area contributed by atoms with Gasteiger partial charge in [0.25, 0.3) is 0 Å². The van der Waals surface area contributed by atoms with E-state index in [0.29, 0.717) is 6.42 Å². The lowest BCUT2D eigenvalue weighted by molar-refractivity contribution is -0.0619. The minimum atomic E-state index is -0.668. The summed E-state index contributed by atoms with van der Waals surface area (Å²) in [4.78, 5) is 0. The molecule has 2 fully saturated rings. The molecule has 0 heterocycles. The van der Waals surface area contributed by atoms with Crippen molar-refractivity contribution < 1.29 is 9.13 Å². The molecule has 2 nitrogen and oxygen atoms in total. The minimum absolute atomic E-state index is 0.0951. The molecule has 0 unspecified atom stereocenters. The van der Waals surface area contributed by atoms with Gasteiger partial charge in [0.05, 0.1) is 5.60 Å². The van der Waals surface area contributed by atoms with Crippen LogP contribution in [0, 0.1) is 29.1 Å². The van der Waals surface area contributed by atoms with Crippen LogP contribution in [0.15, 0.2) is 11.9 Å². The van der Waals surface area contributed by atoms with Crippen molar-refractivity contribution in [2.45, 2.75) is 89.6 Å². The molecule has 0 N–H and O–H groups in total. The summed E-state index contributed by atoms with van der Waals surface area (Å²) in [5.41, 5.74) is -0.0951. The summed E-state index contributed by atoms with van der Waals surface area (Å²) in [7, 11) is 1.79. The van der Waals surface area contributed by atoms with Crippen molar-refractivity contribution in [3.63, 3.8) is 0 Å². The fourth-order valence-corrected chi connectivity index (χ4v) is 5.06. The maximum Gasteiger partial charge on any atom is 0.196 e. The zero-order valence-corrected chi connectivity index (χ0v) is 15.5. The standard InChI is InChI=1S/C21H34FNO/c1-3-5-17-7-9-18(10-8-17)19-11-14-21(24-2,15-12-19)13-4-6-20(22)16-23/h6,17-19H,3-5,7-15H2,1-2H3/t17-,18-,19-,21+. The van der Waals surface area contributed by atoms with Crippen molar-refractivity contribution in [1.82, 2.24) is 0 Å². The van der Waals surface area contributed by atoms with Crippen LogP contribution in [0.2, 0.25) is 0 Å². The van der Waals surface area contributed by atoms with Gasteiger partial charge in [-0.2, -0.15) is 9.65 Å². The lowest BCUT2D eigenvalue weighted by Gasteiger charge is -2.43. The number of hydrogen-bond acceptors (Lipinski definition) is 2. The lowest BCUT2D eigenvalue weighted by Crippen LogP contribution is -2.38. The minimum Gasteiger partial charge on any atom is -0.378 e. The molecule has 2 aliphatic rings. The van der Waals surface area contributed by atoms with Crippen LogP contribution in [0.3, 0.4) is 0 Å². The van der Waals surface area contributed by atoms with Crippen LogP contribution in [-0.4, -0.2) is 12.7 Å². The SMILES string of the molecule is CCC[C@H]1CC[C@H]([C@H]2CC[C@@](CCC=C(F)C#N)(OC)CC2)CC1. The zero-order chi connectivity index (χ0) is 17.4. The van der Waals surface area contributed by atoms with Gasteiger partial charge in [-0.25, -0.2) is 0 Å². The highest BCUT2D eigenvalue weighted by atomic mass is 19.1. The molecule has 0 atom stereocenters. The first kappa shape index (κ1) is 19.4. The average molecular weight is 336 g/mol. The Balaban J connectivity index is 1.78. The Morgan fingerprint density at radius 2 is 1.79 bits per heavy atom. The fraction of sp³-hybridized carbons (Fsp3) is 0.857. The average Bonchev–Trinajstić information content (AvgIpc) is 2.63. The maximum atomic E-state index is 13.0. The van der Waals surface area contributed by atoms with E-state index >= 15 is 0 Å². The van der Waals surface area contributed by atoms with E-state index in [4.69, 9.17) is 10.00 Å². The van der Waals surface area contributed by atoms with Gasteiger partial charge in [-0.3, -0.25) is 0 Å². The number of methoxy groups -OCH3 is 1. The first-order chi connectivity index (χ1) is 11.6. The molecule has 24 heavy (non-hydrogen) atoms. The highest BCUT2D eigenvalue weighted by Gasteiger charge is 2.38. The molecule has 0 aliphatic heterocycles. The number of hydrogen-bond donors (Lipinski definition) is 0. The van der Waals surface area contributed by atoms with Gasteiger partial charge in [0.15, 0.2) is 5.83 Å². The molecule has 136 valence electrons. The second kappa shape index (κ2) is 9.56. The molecular weight excluding hydrogens is 301 g/mol. The smallest absolute Gasteiger partial charge is 0.196 e. The summed E-state index contributed by atoms with van der Waals surface area (Å²) in [6.45, 7) is 2.30. The third-order valence-corrected chi connectivity index (χ3v) is 6.66. The van der Waals surface area contributed by atoms with Crippen LogP contribution in [0.5, 0.6) is 0 Å². The van der Waals surface area contributed by atoms with Gasteiger partial charge in [0, 0.05) is 7.11 Å². The summed E-state index contributed by atoms with van der Waals surface area (Å²) in [5.74, 6) is 2.10. The normalized spacial score (nSPS) is 34.8. The molecule has 0 aromatic rings. The number of rotatable bonds is 7. The Bertz CT molecular complexity index is 437. The largest absolute Gasteiger partial charge is 0.378 e. The Morgan fingerprint density at radius 3 is 2.33 bits per heavy atom. The van der Waals surface area contributed by atoms with Crippen molar-refractivity contribution in [2.75, 3.05) is 7.11 Å². The van der Waals surface area contributed by atoms with Crippen molar-refractivity contribution in [2.24, 2.45) is 17.8 Å². The number of nitrogens with zero attached hydrogens (tertiary/aromatic N) is 1. The first-order valence-corrected chi connectivity index (χ1v) is 9.93. The van der Waals surface area contributed by atoms with Gasteiger partial charge in [0.1, 0.15) is 6.07 Å². The summed E-state index contributed by atoms with van der Waals surface area (Å²) < 4.78 is 18.8. The Labute approximate surface area is 147 Å². The van der Waals surface area contributed by atoms with E-state index < -0.39 is 5.83 Å². The maximum absolute atomic E-state index is 13.0. The predicted octanol–water partition coefficient (Wildman–Crippen LogP) is 6.33. The summed E-state index contributed by atoms with van der Waals surface area (Å²) in [6, 6.07) is 1.55. The van der Waals surface area contributed by atoms with Crippen LogP contribution in [0.1, 0.15) is 84.0 Å². The van der Waals surface area contributed by atoms with Crippen LogP contribution in [-0.2, 0) is 4.74 Å². The lowest BCUT2D eigenvalue weighted by atomic mass is 9.67. The molecule has 3 heteroatoms. The van der Waals surface area contributed by atoms with Gasteiger partial charge >= 0.3 is 0 Å². The van der Waals surface area contributed by atoms with E-state index in [1.54, 1.807) is 13.2 Å². The van der Waals surface area contributed by atoms with Crippen molar-refractivity contribution in [3.05, 3.63) is 11.9 Å². The van der Waals surface area contributed by atoms with Crippen LogP contribution >= 0.6 is 0 Å². The van der Waals surface area contributed by atoms with E-state index in [-0.39, 0.29) is 5.60 Å². The van der Waals surface area contributed by atoms with Gasteiger partial charge in [-0.15, -0.1) is 0 Å². The number of halogens is 1. The molecule has 2 aliphatic carbocycles. The zero-order valence-electron chi connectivity index (χ0n) is 15.5. The second-order valence-corrected chi connectivity index (χ2v) is 8.00. The van der Waals surface area contributed by atoms with Gasteiger partial charge in [0.2, 0.25) is 0 Å². The highest BCUT2D eigenvalue weighted by Crippen LogP contribution is 2.45. The van der Waals surface area contributed by atoms with E-state index in [9.17, 15) is 4.39 Å². The Hall–Kier alpha value is -0.880. The first-order valence-electron chi connectivity index (χ1n) is 9.93. The Kier molecular flexibility index (Phi) is 7.75. The molecular formula is C21H34FNO. The topological polar surface area (TPSA) is 33.0 Å².